The second-order valence-electron chi connectivity index (χ2n) is 5.27. The van der Waals surface area contributed by atoms with Crippen LogP contribution >= 0.6 is 0 Å². The van der Waals surface area contributed by atoms with Gasteiger partial charge in [0.2, 0.25) is 0 Å². The SMILES string of the molecule is Cc1ccc(Nc2ccc(CN3CCOCC3)cc2)nn1. The predicted molar refractivity (Wildman–Crippen MR) is 82.6 cm³/mol. The number of aromatic nitrogens is 2. The molecule has 3 rings (SSSR count). The lowest BCUT2D eigenvalue weighted by Gasteiger charge is -2.26. The van der Waals surface area contributed by atoms with Crippen LogP contribution in [0.3, 0.4) is 0 Å². The maximum Gasteiger partial charge on any atom is 0.153 e. The summed E-state index contributed by atoms with van der Waals surface area (Å²) in [6.45, 7) is 6.61. The summed E-state index contributed by atoms with van der Waals surface area (Å²) in [7, 11) is 0. The molecular weight excluding hydrogens is 264 g/mol. The van der Waals surface area contributed by atoms with E-state index in [1.807, 2.05) is 19.1 Å². The Morgan fingerprint density at radius 1 is 1.05 bits per heavy atom. The predicted octanol–water partition coefficient (Wildman–Crippen LogP) is 2.36. The molecule has 2 heterocycles. The zero-order valence-corrected chi connectivity index (χ0v) is 12.2. The lowest BCUT2D eigenvalue weighted by Crippen LogP contribution is -2.35. The number of nitrogens with one attached hydrogen (secondary N) is 1. The summed E-state index contributed by atoms with van der Waals surface area (Å²) in [5.41, 5.74) is 3.26. The summed E-state index contributed by atoms with van der Waals surface area (Å²) in [5.74, 6) is 0.765. The zero-order chi connectivity index (χ0) is 14.5. The first-order valence-electron chi connectivity index (χ1n) is 7.26. The van der Waals surface area contributed by atoms with Crippen LogP contribution < -0.4 is 5.32 Å². The van der Waals surface area contributed by atoms with Gasteiger partial charge in [-0.25, -0.2) is 0 Å². The topological polar surface area (TPSA) is 50.3 Å². The second-order valence-corrected chi connectivity index (χ2v) is 5.27. The number of hydrogen-bond donors (Lipinski definition) is 1. The molecule has 1 aliphatic rings. The molecule has 1 aliphatic heterocycles. The number of nitrogens with zero attached hydrogens (tertiary/aromatic N) is 3. The minimum atomic E-state index is 0.765. The molecule has 2 aromatic rings. The van der Waals surface area contributed by atoms with Crippen molar-refractivity contribution in [2.75, 3.05) is 31.6 Å². The van der Waals surface area contributed by atoms with Gasteiger partial charge >= 0.3 is 0 Å². The van der Waals surface area contributed by atoms with Crippen LogP contribution in [0.2, 0.25) is 0 Å². The van der Waals surface area contributed by atoms with E-state index >= 15 is 0 Å². The van der Waals surface area contributed by atoms with Crippen molar-refractivity contribution in [3.05, 3.63) is 47.7 Å². The Kier molecular flexibility index (Phi) is 4.43. The molecule has 1 saturated heterocycles. The van der Waals surface area contributed by atoms with Gasteiger partial charge in [0.15, 0.2) is 5.82 Å². The lowest BCUT2D eigenvalue weighted by atomic mass is 10.2. The van der Waals surface area contributed by atoms with Gasteiger partial charge < -0.3 is 10.1 Å². The van der Waals surface area contributed by atoms with Crippen LogP contribution in [0.25, 0.3) is 0 Å². The number of morpholine rings is 1. The summed E-state index contributed by atoms with van der Waals surface area (Å²) in [4.78, 5) is 2.41. The third-order valence-corrected chi connectivity index (χ3v) is 3.53. The largest absolute Gasteiger partial charge is 0.379 e. The summed E-state index contributed by atoms with van der Waals surface area (Å²) in [6, 6.07) is 12.3. The summed E-state index contributed by atoms with van der Waals surface area (Å²) >= 11 is 0. The molecule has 5 nitrogen and oxygen atoms in total. The summed E-state index contributed by atoms with van der Waals surface area (Å²) in [6.07, 6.45) is 0. The van der Waals surface area contributed by atoms with Crippen LogP contribution in [0.1, 0.15) is 11.3 Å². The van der Waals surface area contributed by atoms with Crippen LogP contribution in [0.15, 0.2) is 36.4 Å². The summed E-state index contributed by atoms with van der Waals surface area (Å²) < 4.78 is 5.37. The Labute approximate surface area is 125 Å². The lowest BCUT2D eigenvalue weighted by molar-refractivity contribution is 0.0342. The van der Waals surface area contributed by atoms with E-state index in [4.69, 9.17) is 4.74 Å². The van der Waals surface area contributed by atoms with Gasteiger partial charge in [-0.05, 0) is 36.8 Å². The highest BCUT2D eigenvalue weighted by Gasteiger charge is 2.10. The first-order valence-corrected chi connectivity index (χ1v) is 7.26. The van der Waals surface area contributed by atoms with Crippen molar-refractivity contribution in [1.29, 1.82) is 0 Å². The van der Waals surface area contributed by atoms with E-state index in [0.717, 1.165) is 50.0 Å². The summed E-state index contributed by atoms with van der Waals surface area (Å²) in [5, 5.41) is 11.4. The van der Waals surface area contributed by atoms with Crippen molar-refractivity contribution in [3.63, 3.8) is 0 Å². The average molecular weight is 284 g/mol. The van der Waals surface area contributed by atoms with Gasteiger partial charge in [0.1, 0.15) is 0 Å². The van der Waals surface area contributed by atoms with Crippen LogP contribution in [-0.2, 0) is 11.3 Å². The van der Waals surface area contributed by atoms with Crippen LogP contribution in [0.4, 0.5) is 11.5 Å². The zero-order valence-electron chi connectivity index (χ0n) is 12.2. The third-order valence-electron chi connectivity index (χ3n) is 3.53. The third kappa shape index (κ3) is 4.00. The molecule has 0 amide bonds. The fraction of sp³-hybridized carbons (Fsp3) is 0.375. The van der Waals surface area contributed by atoms with Crippen molar-refractivity contribution in [1.82, 2.24) is 15.1 Å². The van der Waals surface area contributed by atoms with E-state index in [0.29, 0.717) is 0 Å². The number of aryl methyl sites for hydroxylation is 1. The van der Waals surface area contributed by atoms with Gasteiger partial charge in [-0.1, -0.05) is 12.1 Å². The number of anilines is 2. The van der Waals surface area contributed by atoms with E-state index in [1.54, 1.807) is 0 Å². The molecule has 1 aromatic heterocycles. The Morgan fingerprint density at radius 2 is 1.81 bits per heavy atom. The van der Waals surface area contributed by atoms with Gasteiger partial charge in [-0.15, -0.1) is 5.10 Å². The molecular formula is C16H20N4O. The van der Waals surface area contributed by atoms with Gasteiger partial charge in [-0.2, -0.15) is 5.10 Å². The van der Waals surface area contributed by atoms with Crippen molar-refractivity contribution < 1.29 is 4.74 Å². The van der Waals surface area contributed by atoms with Crippen LogP contribution in [0.5, 0.6) is 0 Å². The standard InChI is InChI=1S/C16H20N4O/c1-13-2-7-16(19-18-13)17-15-5-3-14(4-6-15)12-20-8-10-21-11-9-20/h2-7H,8-12H2,1H3,(H,17,19). The minimum absolute atomic E-state index is 0.765. The maximum absolute atomic E-state index is 5.37. The monoisotopic (exact) mass is 284 g/mol. The molecule has 0 atom stereocenters. The highest BCUT2D eigenvalue weighted by Crippen LogP contribution is 2.16. The smallest absolute Gasteiger partial charge is 0.153 e. The molecule has 1 fully saturated rings. The molecule has 0 saturated carbocycles. The Bertz CT molecular complexity index is 562. The first kappa shape index (κ1) is 14.0. The van der Waals surface area contributed by atoms with Crippen LogP contribution in [0, 0.1) is 6.92 Å². The van der Waals surface area contributed by atoms with Gasteiger partial charge in [0.05, 0.1) is 18.9 Å². The van der Waals surface area contributed by atoms with E-state index in [1.165, 1.54) is 5.56 Å². The molecule has 21 heavy (non-hydrogen) atoms. The molecule has 110 valence electrons. The molecule has 0 bridgehead atoms. The van der Waals surface area contributed by atoms with E-state index in [9.17, 15) is 0 Å². The quantitative estimate of drug-likeness (QED) is 0.934. The first-order chi connectivity index (χ1) is 10.3. The Morgan fingerprint density at radius 3 is 2.48 bits per heavy atom. The number of ether oxygens (including phenoxy) is 1. The fourth-order valence-corrected chi connectivity index (χ4v) is 2.32. The minimum Gasteiger partial charge on any atom is -0.379 e. The number of rotatable bonds is 4. The highest BCUT2D eigenvalue weighted by atomic mass is 16.5. The molecule has 1 N–H and O–H groups in total. The number of benzene rings is 1. The Balaban J connectivity index is 1.59. The molecule has 1 aromatic carbocycles. The molecule has 0 aliphatic carbocycles. The van der Waals surface area contributed by atoms with Gasteiger partial charge in [0.25, 0.3) is 0 Å². The fourth-order valence-electron chi connectivity index (χ4n) is 2.32. The molecule has 0 radical (unpaired) electrons. The normalized spacial score (nSPS) is 15.9. The van der Waals surface area contributed by atoms with Gasteiger partial charge in [0, 0.05) is 25.3 Å². The van der Waals surface area contributed by atoms with E-state index in [2.05, 4.69) is 44.7 Å². The van der Waals surface area contributed by atoms with Gasteiger partial charge in [-0.3, -0.25) is 4.90 Å². The molecule has 0 unspecified atom stereocenters. The van der Waals surface area contributed by atoms with E-state index in [-0.39, 0.29) is 0 Å². The van der Waals surface area contributed by atoms with Crippen LogP contribution in [-0.4, -0.2) is 41.4 Å². The van der Waals surface area contributed by atoms with Crippen molar-refractivity contribution in [3.8, 4) is 0 Å². The van der Waals surface area contributed by atoms with E-state index < -0.39 is 0 Å². The molecule has 5 heteroatoms. The van der Waals surface area contributed by atoms with Crippen molar-refractivity contribution in [2.45, 2.75) is 13.5 Å². The second kappa shape index (κ2) is 6.65. The van der Waals surface area contributed by atoms with Crippen molar-refractivity contribution >= 4 is 11.5 Å². The number of hydrogen-bond acceptors (Lipinski definition) is 5. The maximum atomic E-state index is 5.37. The average Bonchev–Trinajstić information content (AvgIpc) is 2.53. The molecule has 0 spiro atoms. The van der Waals surface area contributed by atoms with Crippen molar-refractivity contribution in [2.24, 2.45) is 0 Å². The highest BCUT2D eigenvalue weighted by molar-refractivity contribution is 5.55. The Hall–Kier alpha value is -1.98.